The molecule has 0 N–H and O–H groups in total. The van der Waals surface area contributed by atoms with Crippen molar-refractivity contribution in [1.29, 1.82) is 0 Å². The monoisotopic (exact) mass is 604 g/mol. The second-order valence-electron chi connectivity index (χ2n) is 9.96. The molecule has 1 aliphatic rings. The van der Waals surface area contributed by atoms with Crippen molar-refractivity contribution in [3.8, 4) is 5.75 Å². The van der Waals surface area contributed by atoms with Crippen LogP contribution in [0.3, 0.4) is 0 Å². The molecule has 12 heteroatoms. The summed E-state index contributed by atoms with van der Waals surface area (Å²) < 4.78 is 52.2. The van der Waals surface area contributed by atoms with E-state index < -0.39 is 54.6 Å². The fourth-order valence-corrected chi connectivity index (χ4v) is 4.50. The van der Waals surface area contributed by atoms with E-state index in [1.807, 2.05) is 24.3 Å². The van der Waals surface area contributed by atoms with Gasteiger partial charge in [-0.25, -0.2) is 4.39 Å². The van der Waals surface area contributed by atoms with Crippen LogP contribution in [0.2, 0.25) is 0 Å². The van der Waals surface area contributed by atoms with Crippen LogP contribution in [-0.2, 0) is 60.6 Å². The predicted molar refractivity (Wildman–Crippen MR) is 148 cm³/mol. The number of esters is 4. The maximum Gasteiger partial charge on any atom is 0.303 e. The summed E-state index contributed by atoms with van der Waals surface area (Å²) in [4.78, 5) is 47.1. The molecule has 0 unspecified atom stereocenters. The summed E-state index contributed by atoms with van der Waals surface area (Å²) in [5, 5.41) is 0. The number of rotatable bonds is 14. The van der Waals surface area contributed by atoms with Crippen molar-refractivity contribution in [1.82, 2.24) is 0 Å². The third-order valence-electron chi connectivity index (χ3n) is 6.31. The third kappa shape index (κ3) is 11.3. The largest absolute Gasteiger partial charge is 0.489 e. The zero-order chi connectivity index (χ0) is 31.4. The SMILES string of the molecule is CC(=O)OC[C@H]1O[C@@H](OCCCCc2ccc(OCc3cccc(F)c3)cc2)[C@H](OC(C)=O)[C@@H](OC(C)=O)[C@@H]1OC(C)=O. The third-order valence-corrected chi connectivity index (χ3v) is 6.31. The second-order valence-corrected chi connectivity index (χ2v) is 9.96. The van der Waals surface area contributed by atoms with Gasteiger partial charge in [0.2, 0.25) is 0 Å². The molecule has 0 spiro atoms. The number of carbonyl (C=O) groups excluding carboxylic acids is 4. The molecule has 2 aromatic rings. The van der Waals surface area contributed by atoms with Crippen LogP contribution < -0.4 is 4.74 Å². The number of ether oxygens (including phenoxy) is 7. The van der Waals surface area contributed by atoms with Crippen molar-refractivity contribution < 1.29 is 56.7 Å². The average molecular weight is 605 g/mol. The number of hydrogen-bond acceptors (Lipinski definition) is 11. The summed E-state index contributed by atoms with van der Waals surface area (Å²) in [6, 6.07) is 13.8. The maximum absolute atomic E-state index is 13.3. The van der Waals surface area contributed by atoms with Crippen molar-refractivity contribution in [2.45, 2.75) is 84.3 Å². The first-order chi connectivity index (χ1) is 20.5. The van der Waals surface area contributed by atoms with Crippen LogP contribution in [0.4, 0.5) is 4.39 Å². The normalized spacial score (nSPS) is 21.4. The summed E-state index contributed by atoms with van der Waals surface area (Å²) >= 11 is 0. The standard InChI is InChI=1S/C31H37FO11/c1-19(33)38-18-27-28(40-20(2)34)29(41-21(3)35)30(42-22(4)36)31(43-27)37-15-6-5-8-23-11-13-26(14-12-23)39-17-24-9-7-10-25(32)16-24/h7,9-14,16,27-31H,5-6,8,15,17-18H2,1-4H3/t27-,28-,29+,30-,31-/m1/s1. The van der Waals surface area contributed by atoms with Gasteiger partial charge in [0, 0.05) is 34.3 Å². The molecule has 0 aliphatic carbocycles. The van der Waals surface area contributed by atoms with Gasteiger partial charge in [0.1, 0.15) is 30.9 Å². The van der Waals surface area contributed by atoms with Gasteiger partial charge in [-0.2, -0.15) is 0 Å². The molecule has 3 rings (SSSR count). The first-order valence-electron chi connectivity index (χ1n) is 13.9. The van der Waals surface area contributed by atoms with Crippen LogP contribution in [0.5, 0.6) is 5.75 Å². The Labute approximate surface area is 249 Å². The lowest BCUT2D eigenvalue weighted by Crippen LogP contribution is -2.63. The molecule has 0 radical (unpaired) electrons. The van der Waals surface area contributed by atoms with Crippen molar-refractivity contribution in [2.75, 3.05) is 13.2 Å². The minimum Gasteiger partial charge on any atom is -0.489 e. The molecule has 1 saturated heterocycles. The summed E-state index contributed by atoms with van der Waals surface area (Å²) in [5.41, 5.74) is 1.81. The quantitative estimate of drug-likeness (QED) is 0.177. The summed E-state index contributed by atoms with van der Waals surface area (Å²) in [5.74, 6) is -2.35. The number of aryl methyl sites for hydroxylation is 1. The van der Waals surface area contributed by atoms with E-state index in [0.29, 0.717) is 12.2 Å². The Balaban J connectivity index is 1.57. The number of carbonyl (C=O) groups is 4. The smallest absolute Gasteiger partial charge is 0.303 e. The maximum atomic E-state index is 13.3. The Bertz CT molecular complexity index is 1230. The van der Waals surface area contributed by atoms with E-state index in [9.17, 15) is 23.6 Å². The highest BCUT2D eigenvalue weighted by molar-refractivity contribution is 5.68. The van der Waals surface area contributed by atoms with Gasteiger partial charge in [-0.3, -0.25) is 19.2 Å². The molecule has 0 bridgehead atoms. The summed E-state index contributed by atoms with van der Waals surface area (Å²) in [6.07, 6.45) is -3.92. The molecule has 5 atom stereocenters. The molecular weight excluding hydrogens is 567 g/mol. The van der Waals surface area contributed by atoms with Gasteiger partial charge in [-0.1, -0.05) is 24.3 Å². The lowest BCUT2D eigenvalue weighted by atomic mass is 9.98. The molecule has 2 aromatic carbocycles. The summed E-state index contributed by atoms with van der Waals surface area (Å²) in [7, 11) is 0. The number of hydrogen-bond donors (Lipinski definition) is 0. The van der Waals surface area contributed by atoms with Crippen molar-refractivity contribution in [3.05, 3.63) is 65.5 Å². The molecule has 43 heavy (non-hydrogen) atoms. The van der Waals surface area contributed by atoms with Crippen molar-refractivity contribution in [2.24, 2.45) is 0 Å². The van der Waals surface area contributed by atoms with Gasteiger partial charge in [0.25, 0.3) is 0 Å². The Hall–Kier alpha value is -4.03. The number of unbranched alkanes of at least 4 members (excludes halogenated alkanes) is 1. The molecule has 1 fully saturated rings. The van der Waals surface area contributed by atoms with E-state index in [1.54, 1.807) is 12.1 Å². The number of halogens is 1. The molecule has 0 aromatic heterocycles. The van der Waals surface area contributed by atoms with Crippen molar-refractivity contribution in [3.63, 3.8) is 0 Å². The highest BCUT2D eigenvalue weighted by atomic mass is 19.1. The zero-order valence-electron chi connectivity index (χ0n) is 24.6. The van der Waals surface area contributed by atoms with Crippen LogP contribution in [0.25, 0.3) is 0 Å². The van der Waals surface area contributed by atoms with Crippen LogP contribution in [0.15, 0.2) is 48.5 Å². The Kier molecular flexibility index (Phi) is 12.9. The molecule has 1 heterocycles. The van der Waals surface area contributed by atoms with Crippen LogP contribution in [-0.4, -0.2) is 67.8 Å². The van der Waals surface area contributed by atoms with E-state index in [0.717, 1.165) is 37.8 Å². The zero-order valence-corrected chi connectivity index (χ0v) is 24.6. The van der Waals surface area contributed by atoms with E-state index in [2.05, 4.69) is 0 Å². The fourth-order valence-electron chi connectivity index (χ4n) is 4.50. The fraction of sp³-hybridized carbons (Fsp3) is 0.484. The Morgan fingerprint density at radius 1 is 0.767 bits per heavy atom. The molecule has 1 aliphatic heterocycles. The minimum absolute atomic E-state index is 0.197. The Morgan fingerprint density at radius 3 is 2.05 bits per heavy atom. The Morgan fingerprint density at radius 2 is 1.42 bits per heavy atom. The van der Waals surface area contributed by atoms with E-state index >= 15 is 0 Å². The first-order valence-corrected chi connectivity index (χ1v) is 13.9. The minimum atomic E-state index is -1.27. The van der Waals surface area contributed by atoms with Crippen LogP contribution in [0, 0.1) is 5.82 Å². The summed E-state index contributed by atoms with van der Waals surface area (Å²) in [6.45, 7) is 4.83. The predicted octanol–water partition coefficient (Wildman–Crippen LogP) is 3.83. The second kappa shape index (κ2) is 16.6. The lowest BCUT2D eigenvalue weighted by Gasteiger charge is -2.44. The van der Waals surface area contributed by atoms with Gasteiger partial charge >= 0.3 is 23.9 Å². The topological polar surface area (TPSA) is 133 Å². The molecule has 11 nitrogen and oxygen atoms in total. The van der Waals surface area contributed by atoms with Crippen LogP contribution in [0.1, 0.15) is 51.7 Å². The highest BCUT2D eigenvalue weighted by Crippen LogP contribution is 2.30. The van der Waals surface area contributed by atoms with Gasteiger partial charge < -0.3 is 33.2 Å². The van der Waals surface area contributed by atoms with Crippen LogP contribution >= 0.6 is 0 Å². The van der Waals surface area contributed by atoms with E-state index in [1.165, 1.54) is 26.0 Å². The number of benzene rings is 2. The molecule has 234 valence electrons. The van der Waals surface area contributed by atoms with E-state index in [-0.39, 0.29) is 25.6 Å². The average Bonchev–Trinajstić information content (AvgIpc) is 2.93. The van der Waals surface area contributed by atoms with Gasteiger partial charge in [0.05, 0.1) is 0 Å². The van der Waals surface area contributed by atoms with Gasteiger partial charge in [-0.15, -0.1) is 0 Å². The molecule has 0 amide bonds. The molecule has 0 saturated carbocycles. The van der Waals surface area contributed by atoms with Gasteiger partial charge in [0.15, 0.2) is 24.6 Å². The molecular formula is C31H37FO11. The first kappa shape index (κ1) is 33.5. The van der Waals surface area contributed by atoms with Gasteiger partial charge in [-0.05, 0) is 54.7 Å². The lowest BCUT2D eigenvalue weighted by molar-refractivity contribution is -0.308. The van der Waals surface area contributed by atoms with E-state index in [4.69, 9.17) is 33.2 Å². The highest BCUT2D eigenvalue weighted by Gasteiger charge is 2.52. The van der Waals surface area contributed by atoms with Crippen molar-refractivity contribution >= 4 is 23.9 Å².